The first-order valence-corrected chi connectivity index (χ1v) is 17.5. The summed E-state index contributed by atoms with van der Waals surface area (Å²) in [6, 6.07) is 42.6. The Kier molecular flexibility index (Phi) is 5.78. The van der Waals surface area contributed by atoms with Crippen LogP contribution in [-0.2, 0) is 5.41 Å². The lowest BCUT2D eigenvalue weighted by molar-refractivity contribution is 0.269. The van der Waals surface area contributed by atoms with Crippen molar-refractivity contribution in [1.82, 2.24) is 15.0 Å². The van der Waals surface area contributed by atoms with E-state index < -0.39 is 0 Å². The van der Waals surface area contributed by atoms with Crippen LogP contribution in [0.2, 0.25) is 0 Å². The van der Waals surface area contributed by atoms with Gasteiger partial charge in [-0.1, -0.05) is 111 Å². The van der Waals surface area contributed by atoms with E-state index >= 15 is 0 Å². The van der Waals surface area contributed by atoms with Gasteiger partial charge in [-0.15, -0.1) is 0 Å². The van der Waals surface area contributed by atoms with Crippen LogP contribution in [0.4, 0.5) is 0 Å². The Hall–Kier alpha value is -6.33. The fourth-order valence-electron chi connectivity index (χ4n) is 8.41. The van der Waals surface area contributed by atoms with E-state index in [2.05, 4.69) is 129 Å². The van der Waals surface area contributed by atoms with Crippen molar-refractivity contribution in [2.45, 2.75) is 31.3 Å². The molecule has 242 valence electrons. The van der Waals surface area contributed by atoms with E-state index in [9.17, 15) is 0 Å². The average molecular weight is 658 g/mol. The summed E-state index contributed by atoms with van der Waals surface area (Å²) >= 11 is 0. The van der Waals surface area contributed by atoms with Gasteiger partial charge in [0.2, 0.25) is 0 Å². The second kappa shape index (κ2) is 10.3. The number of nitrogens with zero attached hydrogens (tertiary/aromatic N) is 3. The molecule has 1 aliphatic heterocycles. The molecule has 5 nitrogen and oxygen atoms in total. The Morgan fingerprint density at radius 2 is 1.27 bits per heavy atom. The van der Waals surface area contributed by atoms with Crippen LogP contribution < -0.4 is 4.74 Å². The summed E-state index contributed by atoms with van der Waals surface area (Å²) in [4.78, 5) is 15.5. The first kappa shape index (κ1) is 28.5. The third-order valence-corrected chi connectivity index (χ3v) is 11.1. The summed E-state index contributed by atoms with van der Waals surface area (Å²) in [5.74, 6) is 2.86. The minimum atomic E-state index is -0.142. The summed E-state index contributed by atoms with van der Waals surface area (Å²) in [5.41, 5.74) is 10.7. The van der Waals surface area contributed by atoms with E-state index in [1.165, 1.54) is 38.6 Å². The van der Waals surface area contributed by atoms with Gasteiger partial charge in [0, 0.05) is 44.4 Å². The molecule has 2 unspecified atom stereocenters. The number of furan rings is 1. The molecule has 2 atom stereocenters. The molecule has 0 amide bonds. The Labute approximate surface area is 294 Å². The van der Waals surface area contributed by atoms with Crippen molar-refractivity contribution in [1.29, 1.82) is 0 Å². The molecule has 11 rings (SSSR count). The highest BCUT2D eigenvalue weighted by molar-refractivity contribution is 6.05. The molecule has 5 heteroatoms. The van der Waals surface area contributed by atoms with Gasteiger partial charge < -0.3 is 9.15 Å². The first-order chi connectivity index (χ1) is 25.0. The maximum absolute atomic E-state index is 6.45. The fraction of sp³-hybridized carbons (Fsp3) is 0.109. The van der Waals surface area contributed by atoms with Crippen molar-refractivity contribution in [3.63, 3.8) is 0 Å². The molecular weight excluding hydrogens is 627 g/mol. The average Bonchev–Trinajstić information content (AvgIpc) is 3.80. The number of ether oxygens (including phenoxy) is 1. The number of benzene rings is 6. The molecule has 0 saturated heterocycles. The first-order valence-electron chi connectivity index (χ1n) is 17.5. The van der Waals surface area contributed by atoms with Crippen LogP contribution in [0.3, 0.4) is 0 Å². The monoisotopic (exact) mass is 657 g/mol. The van der Waals surface area contributed by atoms with Crippen LogP contribution >= 0.6 is 0 Å². The normalized spacial score (nSPS) is 18.0. The van der Waals surface area contributed by atoms with Crippen molar-refractivity contribution >= 4 is 38.3 Å². The highest BCUT2D eigenvalue weighted by atomic mass is 16.5. The van der Waals surface area contributed by atoms with Crippen LogP contribution in [0.5, 0.6) is 5.75 Å². The van der Waals surface area contributed by atoms with Gasteiger partial charge in [-0.05, 0) is 75.5 Å². The third-order valence-electron chi connectivity index (χ3n) is 11.1. The molecule has 0 saturated carbocycles. The zero-order chi connectivity index (χ0) is 33.8. The number of hydrogen-bond acceptors (Lipinski definition) is 5. The molecule has 0 spiro atoms. The van der Waals surface area contributed by atoms with Gasteiger partial charge in [0.1, 0.15) is 23.0 Å². The molecule has 0 radical (unpaired) electrons. The van der Waals surface area contributed by atoms with E-state index in [1.807, 2.05) is 24.3 Å². The van der Waals surface area contributed by atoms with E-state index in [-0.39, 0.29) is 17.4 Å². The number of rotatable bonds is 3. The minimum Gasteiger partial charge on any atom is -0.485 e. The molecule has 0 bridgehead atoms. The van der Waals surface area contributed by atoms with Crippen molar-refractivity contribution in [2.24, 2.45) is 0 Å². The highest BCUT2D eigenvalue weighted by Gasteiger charge is 2.36. The Balaban J connectivity index is 1.07. The van der Waals surface area contributed by atoms with Crippen LogP contribution in [0.1, 0.15) is 42.3 Å². The van der Waals surface area contributed by atoms with E-state index in [1.54, 1.807) is 0 Å². The summed E-state index contributed by atoms with van der Waals surface area (Å²) in [6.07, 6.45) is 6.43. The van der Waals surface area contributed by atoms with Crippen LogP contribution in [0.15, 0.2) is 144 Å². The van der Waals surface area contributed by atoms with Gasteiger partial charge in [0.05, 0.1) is 0 Å². The molecule has 3 aliphatic rings. The molecular formula is C46H31N3O2. The van der Waals surface area contributed by atoms with Gasteiger partial charge in [0.25, 0.3) is 0 Å². The van der Waals surface area contributed by atoms with Crippen LogP contribution in [0.25, 0.3) is 72.2 Å². The summed E-state index contributed by atoms with van der Waals surface area (Å²) in [6.45, 7) is 4.60. The number of aromatic nitrogens is 3. The maximum atomic E-state index is 6.45. The van der Waals surface area contributed by atoms with Crippen LogP contribution in [0, 0.1) is 0 Å². The molecule has 0 fully saturated rings. The molecule has 51 heavy (non-hydrogen) atoms. The third kappa shape index (κ3) is 4.24. The Morgan fingerprint density at radius 1 is 0.588 bits per heavy atom. The van der Waals surface area contributed by atoms with E-state index in [4.69, 9.17) is 24.1 Å². The van der Waals surface area contributed by atoms with Crippen molar-refractivity contribution in [3.05, 3.63) is 162 Å². The number of fused-ring (bicyclic) bond motifs is 10. The Bertz CT molecular complexity index is 2840. The van der Waals surface area contributed by atoms with Gasteiger partial charge >= 0.3 is 0 Å². The summed E-state index contributed by atoms with van der Waals surface area (Å²) in [7, 11) is 0. The fourth-order valence-corrected chi connectivity index (χ4v) is 8.41. The topological polar surface area (TPSA) is 61.0 Å². The molecule has 8 aromatic rings. The second-order valence-electron chi connectivity index (χ2n) is 14.4. The molecule has 2 aliphatic carbocycles. The zero-order valence-electron chi connectivity index (χ0n) is 28.1. The van der Waals surface area contributed by atoms with Crippen molar-refractivity contribution < 1.29 is 9.15 Å². The van der Waals surface area contributed by atoms with Gasteiger partial charge in [-0.3, -0.25) is 0 Å². The van der Waals surface area contributed by atoms with Gasteiger partial charge in [0.15, 0.2) is 17.5 Å². The standard InChI is InChI=1S/C46H31N3O2/c1-46(2)37-13-7-5-11-31(37)32-18-15-29(23-38(32)46)44-47-43(48-45(49-44)30-16-19-34-33-12-6-8-14-39(33)50-41(34)25-30)28-17-20-40-35(22-28)36-21-26-9-3-4-10-27(26)24-42(36)51-40/h3-25,35,40H,1-2H3. The molecule has 6 aromatic carbocycles. The number of para-hydroxylation sites is 1. The summed E-state index contributed by atoms with van der Waals surface area (Å²) < 4.78 is 12.7. The summed E-state index contributed by atoms with van der Waals surface area (Å²) in [5, 5.41) is 4.55. The lowest BCUT2D eigenvalue weighted by Gasteiger charge is -2.22. The number of hydrogen-bond donors (Lipinski definition) is 0. The van der Waals surface area contributed by atoms with Gasteiger partial charge in [-0.25, -0.2) is 15.0 Å². The molecule has 3 heterocycles. The van der Waals surface area contributed by atoms with E-state index in [0.717, 1.165) is 44.4 Å². The largest absolute Gasteiger partial charge is 0.485 e. The SMILES string of the molecule is CC1(C)c2ccccc2-c2ccc(-c3nc(C4=CC5c6cc7ccccc7cc6OC5C=C4)nc(-c4ccc5c(c4)oc4ccccc45)n3)cc21. The smallest absolute Gasteiger partial charge is 0.164 e. The zero-order valence-corrected chi connectivity index (χ0v) is 28.1. The van der Waals surface area contributed by atoms with Crippen LogP contribution in [-0.4, -0.2) is 21.1 Å². The van der Waals surface area contributed by atoms with E-state index in [0.29, 0.717) is 17.5 Å². The molecule has 0 N–H and O–H groups in total. The maximum Gasteiger partial charge on any atom is 0.164 e. The second-order valence-corrected chi connectivity index (χ2v) is 14.4. The van der Waals surface area contributed by atoms with Crippen molar-refractivity contribution in [2.75, 3.05) is 0 Å². The Morgan fingerprint density at radius 3 is 2.16 bits per heavy atom. The number of allylic oxidation sites excluding steroid dienone is 2. The van der Waals surface area contributed by atoms with Gasteiger partial charge in [-0.2, -0.15) is 0 Å². The predicted octanol–water partition coefficient (Wildman–Crippen LogP) is 11.1. The molecule has 2 aromatic heterocycles. The van der Waals surface area contributed by atoms with Crippen molar-refractivity contribution in [3.8, 4) is 39.7 Å². The highest BCUT2D eigenvalue weighted by Crippen LogP contribution is 2.50. The quantitative estimate of drug-likeness (QED) is 0.189. The lowest BCUT2D eigenvalue weighted by atomic mass is 9.82. The predicted molar refractivity (Wildman–Crippen MR) is 204 cm³/mol. The lowest BCUT2D eigenvalue weighted by Crippen LogP contribution is -2.17. The minimum absolute atomic E-state index is 0.0551.